The van der Waals surface area contributed by atoms with E-state index in [2.05, 4.69) is 34.4 Å². The maximum absolute atomic E-state index is 13.7. The number of amides is 2. The van der Waals surface area contributed by atoms with Gasteiger partial charge in [0.15, 0.2) is 0 Å². The third-order valence-electron chi connectivity index (χ3n) is 6.66. The Morgan fingerprint density at radius 1 is 1.10 bits per heavy atom. The van der Waals surface area contributed by atoms with Crippen molar-refractivity contribution in [2.24, 2.45) is 0 Å². The number of halogens is 1. The number of carbonyl (C=O) groups is 3. The Morgan fingerprint density at radius 2 is 1.78 bits per heavy atom. The number of aromatic nitrogens is 1. The van der Waals surface area contributed by atoms with Gasteiger partial charge in [-0.05, 0) is 68.4 Å². The molecule has 9 nitrogen and oxygen atoms in total. The van der Waals surface area contributed by atoms with E-state index in [4.69, 9.17) is 5.11 Å². The summed E-state index contributed by atoms with van der Waals surface area (Å²) in [6, 6.07) is 10.1. The average Bonchev–Trinajstić information content (AvgIpc) is 3.40. The van der Waals surface area contributed by atoms with Crippen LogP contribution in [0.4, 0.5) is 10.1 Å². The van der Waals surface area contributed by atoms with Crippen molar-refractivity contribution in [2.75, 3.05) is 31.5 Å². The zero-order valence-corrected chi connectivity index (χ0v) is 23.5. The Hall–Kier alpha value is -4.70. The molecule has 0 saturated carbocycles. The molecule has 41 heavy (non-hydrogen) atoms. The first-order valence-electron chi connectivity index (χ1n) is 13.2. The van der Waals surface area contributed by atoms with E-state index in [9.17, 15) is 23.9 Å². The van der Waals surface area contributed by atoms with Crippen molar-refractivity contribution in [2.45, 2.75) is 27.7 Å². The normalized spacial score (nSPS) is 13.2. The number of hydrogen-bond donors (Lipinski definition) is 4. The van der Waals surface area contributed by atoms with Gasteiger partial charge in [-0.2, -0.15) is 0 Å². The predicted octanol–water partition coefficient (Wildman–Crippen LogP) is 4.19. The molecule has 4 rings (SSSR count). The van der Waals surface area contributed by atoms with E-state index in [-0.39, 0.29) is 17.6 Å². The number of aliphatic carboxylic acids is 1. The Labute approximate surface area is 238 Å². The van der Waals surface area contributed by atoms with Crippen molar-refractivity contribution in [1.29, 1.82) is 0 Å². The van der Waals surface area contributed by atoms with Crippen LogP contribution in [0, 0.1) is 19.7 Å². The standard InChI is InChI=1S/C22H27FN4O2.C9H8O3/c1-5-27(6-2)10-9-24-22(29)20-13(3)19(25-14(20)4)12-17-16-11-15(23)7-8-18(16)26-21(17)28;10-8-4-1-7(2-5-8)3-6-9(11)12/h7-8,11-12,25H,5-6,9-10H2,1-4H3,(H,24,29)(H,26,28);1-6,10H,(H,11,12)/p-1/b17-12-;6-3+. The molecule has 2 heterocycles. The first-order valence-corrected chi connectivity index (χ1v) is 13.2. The summed E-state index contributed by atoms with van der Waals surface area (Å²) < 4.78 is 13.7. The fourth-order valence-electron chi connectivity index (χ4n) is 4.41. The van der Waals surface area contributed by atoms with Gasteiger partial charge < -0.3 is 30.7 Å². The zero-order valence-electron chi connectivity index (χ0n) is 23.5. The zero-order chi connectivity index (χ0) is 30.1. The molecule has 0 bridgehead atoms. The highest BCUT2D eigenvalue weighted by Gasteiger charge is 2.26. The van der Waals surface area contributed by atoms with Gasteiger partial charge >= 0.3 is 5.97 Å². The molecule has 2 amide bonds. The molecule has 0 aliphatic carbocycles. The Bertz CT molecular complexity index is 1470. The minimum absolute atomic E-state index is 0.0810. The molecule has 0 saturated heterocycles. The van der Waals surface area contributed by atoms with Gasteiger partial charge in [-0.15, -0.1) is 5.75 Å². The van der Waals surface area contributed by atoms with E-state index >= 15 is 0 Å². The summed E-state index contributed by atoms with van der Waals surface area (Å²) >= 11 is 0. The van der Waals surface area contributed by atoms with Crippen LogP contribution in [0.25, 0.3) is 17.7 Å². The van der Waals surface area contributed by atoms with Crippen LogP contribution in [0.3, 0.4) is 0 Å². The van der Waals surface area contributed by atoms with Gasteiger partial charge in [0.05, 0.1) is 11.1 Å². The number of rotatable bonds is 9. The fourth-order valence-corrected chi connectivity index (χ4v) is 4.41. The van der Waals surface area contributed by atoms with Crippen LogP contribution in [0.1, 0.15) is 52.3 Å². The number of anilines is 1. The summed E-state index contributed by atoms with van der Waals surface area (Å²) in [6.07, 6.45) is 4.14. The van der Waals surface area contributed by atoms with Gasteiger partial charge in [0, 0.05) is 41.8 Å². The number of carboxylic acids is 1. The minimum atomic E-state index is -0.999. The van der Waals surface area contributed by atoms with Gasteiger partial charge in [0.1, 0.15) is 5.82 Å². The number of nitrogens with zero attached hydrogens (tertiary/aromatic N) is 1. The SMILES string of the molecule is CCN(CC)CCNC(=O)c1c(C)[nH]c(/C=C2\C(=O)Nc3ccc(F)cc32)c1C.O=C(O)/C=C/c1ccc([O-])cc1. The second kappa shape index (κ2) is 14.1. The number of carboxylic acid groups (broad SMARTS) is 1. The van der Waals surface area contributed by atoms with Crippen molar-refractivity contribution >= 4 is 41.2 Å². The topological polar surface area (TPSA) is 138 Å². The summed E-state index contributed by atoms with van der Waals surface area (Å²) in [5.74, 6) is -1.92. The third-order valence-corrected chi connectivity index (χ3v) is 6.66. The average molecular weight is 562 g/mol. The maximum atomic E-state index is 13.7. The largest absolute Gasteiger partial charge is 0.872 e. The van der Waals surface area contributed by atoms with E-state index in [1.165, 1.54) is 30.3 Å². The molecule has 3 aromatic rings. The number of nitrogens with one attached hydrogen (secondary N) is 3. The maximum Gasteiger partial charge on any atom is 0.328 e. The molecule has 2 aromatic carbocycles. The molecule has 0 spiro atoms. The highest BCUT2D eigenvalue weighted by atomic mass is 19.1. The Morgan fingerprint density at radius 3 is 2.41 bits per heavy atom. The van der Waals surface area contributed by atoms with Gasteiger partial charge in [0.25, 0.3) is 11.8 Å². The molecule has 0 fully saturated rings. The number of H-pyrrole nitrogens is 1. The molecule has 1 aliphatic rings. The van der Waals surface area contributed by atoms with Gasteiger partial charge in [-0.1, -0.05) is 38.1 Å². The molecule has 4 N–H and O–H groups in total. The van der Waals surface area contributed by atoms with Crippen LogP contribution in [-0.4, -0.2) is 59.0 Å². The lowest BCUT2D eigenvalue weighted by atomic mass is 10.0. The molecule has 1 aromatic heterocycles. The summed E-state index contributed by atoms with van der Waals surface area (Å²) in [4.78, 5) is 40.6. The van der Waals surface area contributed by atoms with Gasteiger partial charge in [-0.3, -0.25) is 9.59 Å². The van der Waals surface area contributed by atoms with Gasteiger partial charge in [0.2, 0.25) is 0 Å². The number of benzene rings is 2. The quantitative estimate of drug-likeness (QED) is 0.289. The Kier molecular flexibility index (Phi) is 10.6. The molecule has 0 radical (unpaired) electrons. The van der Waals surface area contributed by atoms with E-state index in [1.807, 2.05) is 13.8 Å². The Balaban J connectivity index is 0.000000322. The van der Waals surface area contributed by atoms with E-state index in [0.29, 0.717) is 40.2 Å². The summed E-state index contributed by atoms with van der Waals surface area (Å²) in [7, 11) is 0. The number of hydrogen-bond acceptors (Lipinski definition) is 5. The second-order valence-corrected chi connectivity index (χ2v) is 9.39. The van der Waals surface area contributed by atoms with Crippen LogP contribution in [-0.2, 0) is 9.59 Å². The second-order valence-electron chi connectivity index (χ2n) is 9.39. The molecular formula is C31H34FN4O5-. The lowest BCUT2D eigenvalue weighted by Gasteiger charge is -2.18. The fraction of sp³-hybridized carbons (Fsp3) is 0.258. The van der Waals surface area contributed by atoms with Crippen LogP contribution < -0.4 is 15.7 Å². The van der Waals surface area contributed by atoms with Crippen molar-refractivity contribution < 1.29 is 29.0 Å². The summed E-state index contributed by atoms with van der Waals surface area (Å²) in [5.41, 5.74) is 4.91. The number of aromatic amines is 1. The van der Waals surface area contributed by atoms with Crippen LogP contribution in [0.5, 0.6) is 5.75 Å². The smallest absolute Gasteiger partial charge is 0.328 e. The molecule has 0 unspecified atom stereocenters. The predicted molar refractivity (Wildman–Crippen MR) is 156 cm³/mol. The van der Waals surface area contributed by atoms with Crippen molar-refractivity contribution in [3.05, 3.63) is 88.0 Å². The molecule has 1 aliphatic heterocycles. The van der Waals surface area contributed by atoms with E-state index < -0.39 is 11.8 Å². The summed E-state index contributed by atoms with van der Waals surface area (Å²) in [6.45, 7) is 11.1. The summed E-state index contributed by atoms with van der Waals surface area (Å²) in [5, 5.41) is 24.6. The van der Waals surface area contributed by atoms with Gasteiger partial charge in [-0.25, -0.2) is 9.18 Å². The number of fused-ring (bicyclic) bond motifs is 1. The molecule has 216 valence electrons. The number of likely N-dealkylation sites (N-methyl/N-ethyl adjacent to an activating group) is 1. The van der Waals surface area contributed by atoms with Crippen molar-refractivity contribution in [3.63, 3.8) is 0 Å². The number of carbonyl (C=O) groups excluding carboxylic acids is 2. The van der Waals surface area contributed by atoms with Crippen LogP contribution >= 0.6 is 0 Å². The highest BCUT2D eigenvalue weighted by molar-refractivity contribution is 6.34. The van der Waals surface area contributed by atoms with Crippen LogP contribution in [0.15, 0.2) is 48.5 Å². The first kappa shape index (κ1) is 30.8. The highest BCUT2D eigenvalue weighted by Crippen LogP contribution is 2.34. The monoisotopic (exact) mass is 561 g/mol. The van der Waals surface area contributed by atoms with Crippen molar-refractivity contribution in [1.82, 2.24) is 15.2 Å². The van der Waals surface area contributed by atoms with E-state index in [1.54, 1.807) is 24.3 Å². The molecule has 10 heteroatoms. The molecule has 0 atom stereocenters. The first-order chi connectivity index (χ1) is 19.5. The lowest BCUT2D eigenvalue weighted by molar-refractivity contribution is -0.268. The van der Waals surface area contributed by atoms with Crippen molar-refractivity contribution in [3.8, 4) is 5.75 Å². The minimum Gasteiger partial charge on any atom is -0.872 e. The third kappa shape index (κ3) is 8.15. The van der Waals surface area contributed by atoms with Crippen LogP contribution in [0.2, 0.25) is 0 Å². The number of aryl methyl sites for hydroxylation is 1. The molecular weight excluding hydrogens is 527 g/mol. The lowest BCUT2D eigenvalue weighted by Crippen LogP contribution is -2.35. The van der Waals surface area contributed by atoms with E-state index in [0.717, 1.165) is 37.0 Å².